The van der Waals surface area contributed by atoms with Crippen LogP contribution < -0.4 is 42.7 Å². The van der Waals surface area contributed by atoms with Gasteiger partial charge in [-0.1, -0.05) is 11.6 Å². The van der Waals surface area contributed by atoms with Crippen LogP contribution >= 0.6 is 0 Å². The summed E-state index contributed by atoms with van der Waals surface area (Å²) in [6.45, 7) is 0.871. The van der Waals surface area contributed by atoms with Gasteiger partial charge in [0.05, 0.1) is 11.7 Å². The molecule has 14 nitrogen and oxygen atoms in total. The molecule has 3 rings (SSSR count). The number of aliphatic hydroxyl groups excluding tert-OH is 1. The topological polar surface area (TPSA) is 230 Å². The van der Waals surface area contributed by atoms with Crippen molar-refractivity contribution in [2.75, 3.05) is 37.6 Å². The molecule has 2 aliphatic rings. The second kappa shape index (κ2) is 10.3. The van der Waals surface area contributed by atoms with E-state index in [-0.39, 0.29) is 17.9 Å². The van der Waals surface area contributed by atoms with Gasteiger partial charge >= 0.3 is 0 Å². The van der Waals surface area contributed by atoms with Crippen molar-refractivity contribution >= 4 is 31.6 Å². The van der Waals surface area contributed by atoms with Crippen molar-refractivity contribution in [1.82, 2.24) is 21.2 Å². The van der Waals surface area contributed by atoms with Crippen LogP contribution in [0.1, 0.15) is 18.4 Å². The van der Waals surface area contributed by atoms with Crippen LogP contribution in [0.4, 0.5) is 5.69 Å². The molecule has 0 unspecified atom stereocenters. The van der Waals surface area contributed by atoms with Crippen LogP contribution in [0.5, 0.6) is 0 Å². The molecule has 33 heavy (non-hydrogen) atoms. The summed E-state index contributed by atoms with van der Waals surface area (Å²) in [4.78, 5) is 0.722. The van der Waals surface area contributed by atoms with Gasteiger partial charge in [-0.2, -0.15) is 0 Å². The monoisotopic (exact) mass is 503 g/mol. The van der Waals surface area contributed by atoms with Gasteiger partial charge in [-0.15, -0.1) is 10.6 Å². The Kier molecular flexibility index (Phi) is 7.91. The predicted molar refractivity (Wildman–Crippen MR) is 123 cm³/mol. The van der Waals surface area contributed by atoms with Crippen molar-refractivity contribution in [3.05, 3.63) is 29.3 Å². The largest absolute Gasteiger partial charge is 0.390 e. The van der Waals surface area contributed by atoms with Crippen LogP contribution in [0.2, 0.25) is 0 Å². The summed E-state index contributed by atoms with van der Waals surface area (Å²) in [5, 5.41) is 19.2. The molecule has 0 bridgehead atoms. The van der Waals surface area contributed by atoms with E-state index in [4.69, 9.17) is 16.6 Å². The molecule has 1 aromatic rings. The number of benzene rings is 1. The van der Waals surface area contributed by atoms with Gasteiger partial charge in [0.15, 0.2) is 5.84 Å². The Bertz CT molecular complexity index is 1150. The molecular formula is C17H29N9O5S2. The second-order valence-corrected chi connectivity index (χ2v) is 10.8. The summed E-state index contributed by atoms with van der Waals surface area (Å²) in [5.74, 6) is 0.0444. The van der Waals surface area contributed by atoms with E-state index in [9.17, 15) is 21.9 Å². The number of hydrazine groups is 2. The van der Waals surface area contributed by atoms with Crippen molar-refractivity contribution in [3.8, 4) is 0 Å². The fourth-order valence-corrected chi connectivity index (χ4v) is 6.34. The van der Waals surface area contributed by atoms with Crippen LogP contribution in [0, 0.1) is 0 Å². The first-order chi connectivity index (χ1) is 15.6. The molecule has 0 radical (unpaired) electrons. The maximum absolute atomic E-state index is 13.0. The number of hydrogen-bond acceptors (Lipinski definition) is 12. The highest BCUT2D eigenvalue weighted by atomic mass is 32.2. The summed E-state index contributed by atoms with van der Waals surface area (Å²) < 4.78 is 53.6. The first-order valence-electron chi connectivity index (χ1n) is 10.1. The molecule has 1 saturated heterocycles. The zero-order valence-corrected chi connectivity index (χ0v) is 19.4. The first-order valence-corrected chi connectivity index (χ1v) is 13.2. The number of amidine groups is 1. The smallest absolute Gasteiger partial charge is 0.242 e. The summed E-state index contributed by atoms with van der Waals surface area (Å²) in [6.07, 6.45) is 2.41. The van der Waals surface area contributed by atoms with Crippen molar-refractivity contribution in [3.63, 3.8) is 0 Å². The minimum Gasteiger partial charge on any atom is -0.390 e. The van der Waals surface area contributed by atoms with Gasteiger partial charge in [-0.05, 0) is 25.0 Å². The number of nitrogens with one attached hydrogen (secondary N) is 4. The first kappa shape index (κ1) is 25.3. The molecule has 1 fully saturated rings. The lowest BCUT2D eigenvalue weighted by Crippen LogP contribution is -2.40. The Hall–Kier alpha value is -2.31. The van der Waals surface area contributed by atoms with E-state index in [1.54, 1.807) is 0 Å². The van der Waals surface area contributed by atoms with Crippen LogP contribution in [-0.4, -0.2) is 66.6 Å². The fourth-order valence-electron chi connectivity index (χ4n) is 3.66. The van der Waals surface area contributed by atoms with Gasteiger partial charge in [0.2, 0.25) is 20.0 Å². The molecule has 16 heteroatoms. The van der Waals surface area contributed by atoms with Gasteiger partial charge in [0.25, 0.3) is 0 Å². The summed E-state index contributed by atoms with van der Waals surface area (Å²) in [7, 11) is -8.95. The number of nitrogens with two attached hydrogens (primary N) is 3. The predicted octanol–water partition coefficient (Wildman–Crippen LogP) is -3.31. The van der Waals surface area contributed by atoms with E-state index in [1.165, 1.54) is 12.1 Å². The van der Waals surface area contributed by atoms with E-state index >= 15 is 0 Å². The van der Waals surface area contributed by atoms with E-state index < -0.39 is 42.5 Å². The lowest BCUT2D eigenvalue weighted by atomic mass is 10.0. The third-order valence-corrected chi connectivity index (χ3v) is 7.75. The SMILES string of the molecule is NC/C=C1\CCCN(c2ccc(S(=O)(=O)NC[C@H](O)CN)c(S(N)(=O)=O)c2C2=NNNN2)C1. The van der Waals surface area contributed by atoms with Crippen LogP contribution in [0.25, 0.3) is 0 Å². The zero-order valence-electron chi connectivity index (χ0n) is 17.8. The molecule has 1 atom stereocenters. The van der Waals surface area contributed by atoms with Crippen molar-refractivity contribution in [1.29, 1.82) is 0 Å². The molecule has 1 aromatic carbocycles. The van der Waals surface area contributed by atoms with Gasteiger partial charge < -0.3 is 21.5 Å². The molecule has 0 spiro atoms. The summed E-state index contributed by atoms with van der Waals surface area (Å²) in [6, 6.07) is 2.68. The standard InChI is InChI=1S/C17H29N9O5S2/c18-6-5-11-2-1-7-26(10-11)13-3-4-14(33(30,31)21-9-12(27)8-19)16(32(20,28)29)15(13)17-22-24-25-23-17/h3-5,12,21,24-25,27H,1-2,6-10,18-19H2,(H,22,23)(H2,20,28,29)/b11-5+/t12-/m1/s1. The number of nitrogens with zero attached hydrogens (tertiary/aromatic N) is 2. The normalized spacial score (nSPS) is 19.2. The van der Waals surface area contributed by atoms with E-state index in [1.807, 2.05) is 11.0 Å². The third-order valence-electron chi connectivity index (χ3n) is 5.16. The van der Waals surface area contributed by atoms with E-state index in [0.29, 0.717) is 25.3 Å². The van der Waals surface area contributed by atoms with Gasteiger partial charge in [-0.3, -0.25) is 5.43 Å². The molecule has 11 N–H and O–H groups in total. The summed E-state index contributed by atoms with van der Waals surface area (Å²) in [5.41, 5.74) is 20.1. The molecule has 0 amide bonds. The minimum atomic E-state index is -4.56. The average molecular weight is 504 g/mol. The van der Waals surface area contributed by atoms with Crippen molar-refractivity contribution in [2.45, 2.75) is 28.7 Å². The molecular weight excluding hydrogens is 474 g/mol. The van der Waals surface area contributed by atoms with E-state index in [2.05, 4.69) is 26.3 Å². The van der Waals surface area contributed by atoms with Crippen LogP contribution in [0.15, 0.2) is 38.7 Å². The van der Waals surface area contributed by atoms with Crippen molar-refractivity contribution in [2.24, 2.45) is 21.7 Å². The van der Waals surface area contributed by atoms with Gasteiger partial charge in [0.1, 0.15) is 9.79 Å². The quantitative estimate of drug-likeness (QED) is 0.155. The Balaban J connectivity index is 2.20. The summed E-state index contributed by atoms with van der Waals surface area (Å²) >= 11 is 0. The van der Waals surface area contributed by atoms with E-state index in [0.717, 1.165) is 18.4 Å². The number of piperidine rings is 1. The minimum absolute atomic E-state index is 0.00810. The lowest BCUT2D eigenvalue weighted by Gasteiger charge is -2.33. The molecule has 0 aliphatic carbocycles. The van der Waals surface area contributed by atoms with Crippen molar-refractivity contribution < 1.29 is 21.9 Å². The Morgan fingerprint density at radius 2 is 2.03 bits per heavy atom. The molecule has 0 aromatic heterocycles. The Morgan fingerprint density at radius 1 is 1.27 bits per heavy atom. The van der Waals surface area contributed by atoms with Crippen LogP contribution in [0.3, 0.4) is 0 Å². The highest BCUT2D eigenvalue weighted by Gasteiger charge is 2.34. The number of primary sulfonamides is 1. The van der Waals surface area contributed by atoms with Gasteiger partial charge in [0, 0.05) is 38.4 Å². The third kappa shape index (κ3) is 5.79. The molecule has 2 heterocycles. The Morgan fingerprint density at radius 3 is 2.64 bits per heavy atom. The fraction of sp³-hybridized carbons (Fsp3) is 0.471. The molecule has 2 aliphatic heterocycles. The van der Waals surface area contributed by atoms with Crippen LogP contribution in [-0.2, 0) is 20.0 Å². The molecule has 0 saturated carbocycles. The lowest BCUT2D eigenvalue weighted by molar-refractivity contribution is 0.186. The maximum Gasteiger partial charge on any atom is 0.242 e. The average Bonchev–Trinajstić information content (AvgIpc) is 3.31. The zero-order chi connectivity index (χ0) is 24.2. The number of aliphatic hydroxyl groups is 1. The molecule has 184 valence electrons. The highest BCUT2D eigenvalue weighted by Crippen LogP contribution is 2.34. The number of rotatable bonds is 9. The number of anilines is 1. The number of hydrazone groups is 1. The maximum atomic E-state index is 13.0. The number of sulfonamides is 2. The highest BCUT2D eigenvalue weighted by molar-refractivity contribution is 7.92. The van der Waals surface area contributed by atoms with Gasteiger partial charge in [-0.25, -0.2) is 32.2 Å². The second-order valence-electron chi connectivity index (χ2n) is 7.52. The number of hydrogen-bond donors (Lipinski definition) is 8. The Labute approximate surface area is 192 Å².